The molecule has 0 bridgehead atoms. The van der Waals surface area contributed by atoms with E-state index in [0.29, 0.717) is 49.8 Å². The monoisotopic (exact) mass is 451 g/mol. The average molecular weight is 452 g/mol. The molecule has 0 spiro atoms. The van der Waals surface area contributed by atoms with Gasteiger partial charge in [-0.25, -0.2) is 0 Å². The second-order valence-electron chi connectivity index (χ2n) is 8.10. The van der Waals surface area contributed by atoms with Crippen LogP contribution < -0.4 is 10.1 Å². The van der Waals surface area contributed by atoms with Gasteiger partial charge in [0.1, 0.15) is 5.75 Å². The molecule has 1 unspecified atom stereocenters. The van der Waals surface area contributed by atoms with Gasteiger partial charge in [0.15, 0.2) is 0 Å². The Labute approximate surface area is 193 Å². The zero-order chi connectivity index (χ0) is 23.0. The number of benzene rings is 2. The molecule has 174 valence electrons. The maximum Gasteiger partial charge on any atom is 0.306 e. The van der Waals surface area contributed by atoms with Crippen molar-refractivity contribution in [3.63, 3.8) is 0 Å². The van der Waals surface area contributed by atoms with Crippen LogP contribution in [0.4, 0.5) is 5.69 Å². The molecule has 0 aliphatic carbocycles. The van der Waals surface area contributed by atoms with Gasteiger partial charge >= 0.3 is 5.97 Å². The third-order valence-corrected chi connectivity index (χ3v) is 5.60. The predicted molar refractivity (Wildman–Crippen MR) is 125 cm³/mol. The van der Waals surface area contributed by atoms with Gasteiger partial charge in [-0.15, -0.1) is 0 Å². The van der Waals surface area contributed by atoms with Gasteiger partial charge in [0.2, 0.25) is 0 Å². The van der Waals surface area contributed by atoms with Gasteiger partial charge in [-0.05, 0) is 48.7 Å². The van der Waals surface area contributed by atoms with Gasteiger partial charge in [0.25, 0.3) is 5.91 Å². The number of morpholine rings is 1. The fraction of sp³-hybridized carbons (Fsp3) is 0.400. The number of hydrogen-bond acceptors (Lipinski definition) is 7. The van der Waals surface area contributed by atoms with Crippen molar-refractivity contribution in [2.24, 2.45) is 11.0 Å². The first-order valence-corrected chi connectivity index (χ1v) is 11.3. The van der Waals surface area contributed by atoms with Gasteiger partial charge in [0, 0.05) is 17.2 Å². The number of nitrogens with one attached hydrogen (secondary N) is 1. The molecule has 8 heteroatoms. The molecule has 2 aromatic carbocycles. The molecule has 2 heterocycles. The van der Waals surface area contributed by atoms with Crippen molar-refractivity contribution < 1.29 is 23.8 Å². The van der Waals surface area contributed by atoms with E-state index in [1.165, 1.54) is 0 Å². The Hall–Kier alpha value is -3.39. The highest BCUT2D eigenvalue weighted by atomic mass is 16.5. The lowest BCUT2D eigenvalue weighted by Crippen LogP contribution is -2.32. The lowest BCUT2D eigenvalue weighted by atomic mass is 9.93. The molecule has 0 saturated carbocycles. The fourth-order valence-corrected chi connectivity index (χ4v) is 3.84. The van der Waals surface area contributed by atoms with E-state index in [9.17, 15) is 9.59 Å². The summed E-state index contributed by atoms with van der Waals surface area (Å²) in [5.74, 6) is 0.368. The van der Waals surface area contributed by atoms with Gasteiger partial charge in [0.05, 0.1) is 52.2 Å². The first-order valence-electron chi connectivity index (χ1n) is 11.3. The fourth-order valence-electron chi connectivity index (χ4n) is 3.84. The van der Waals surface area contributed by atoms with Crippen LogP contribution in [0.1, 0.15) is 34.8 Å². The molecule has 1 atom stereocenters. The number of hydrogen-bond donors (Lipinski definition) is 1. The number of carbonyl (C=O) groups excluding carboxylic acids is 2. The Morgan fingerprint density at radius 3 is 2.73 bits per heavy atom. The largest absolute Gasteiger partial charge is 0.493 e. The molecule has 1 saturated heterocycles. The Kier molecular flexibility index (Phi) is 7.57. The van der Waals surface area contributed by atoms with E-state index in [4.69, 9.17) is 14.2 Å². The van der Waals surface area contributed by atoms with Crippen molar-refractivity contribution in [2.45, 2.75) is 19.8 Å². The molecule has 0 aromatic heterocycles. The van der Waals surface area contributed by atoms with Crippen LogP contribution in [0, 0.1) is 5.92 Å². The maximum atomic E-state index is 12.7. The van der Waals surface area contributed by atoms with Crippen LogP contribution in [0.3, 0.4) is 0 Å². The van der Waals surface area contributed by atoms with Crippen LogP contribution in [-0.4, -0.2) is 62.6 Å². The summed E-state index contributed by atoms with van der Waals surface area (Å²) in [5.41, 5.74) is 3.18. The maximum absolute atomic E-state index is 12.7. The molecule has 1 fully saturated rings. The van der Waals surface area contributed by atoms with E-state index >= 15 is 0 Å². The van der Waals surface area contributed by atoms with Crippen LogP contribution in [0.2, 0.25) is 0 Å². The van der Waals surface area contributed by atoms with E-state index < -0.39 is 0 Å². The first-order chi connectivity index (χ1) is 16.1. The number of ether oxygens (including phenoxy) is 3. The summed E-state index contributed by atoms with van der Waals surface area (Å²) in [7, 11) is 0. The smallest absolute Gasteiger partial charge is 0.306 e. The Morgan fingerprint density at radius 2 is 1.97 bits per heavy atom. The van der Waals surface area contributed by atoms with Crippen LogP contribution in [0.5, 0.6) is 5.75 Å². The van der Waals surface area contributed by atoms with Gasteiger partial charge in [-0.2, -0.15) is 5.10 Å². The minimum absolute atomic E-state index is 0.0847. The zero-order valence-electron chi connectivity index (χ0n) is 18.8. The lowest BCUT2D eigenvalue weighted by molar-refractivity contribution is -0.144. The van der Waals surface area contributed by atoms with E-state index in [1.807, 2.05) is 41.6 Å². The van der Waals surface area contributed by atoms with Crippen LogP contribution in [0.15, 0.2) is 47.6 Å². The molecular weight excluding hydrogens is 422 g/mol. The van der Waals surface area contributed by atoms with E-state index in [-0.39, 0.29) is 17.8 Å². The predicted octanol–water partition coefficient (Wildman–Crippen LogP) is 3.11. The number of fused-ring (bicyclic) bond motifs is 1. The van der Waals surface area contributed by atoms with Crippen LogP contribution >= 0.6 is 0 Å². The number of amides is 1. The Morgan fingerprint density at radius 1 is 1.18 bits per heavy atom. The Bertz CT molecular complexity index is 1000. The van der Waals surface area contributed by atoms with E-state index in [0.717, 1.165) is 30.6 Å². The summed E-state index contributed by atoms with van der Waals surface area (Å²) in [6, 6.07) is 13.0. The van der Waals surface area contributed by atoms with Crippen molar-refractivity contribution in [1.29, 1.82) is 0 Å². The number of esters is 1. The molecule has 4 rings (SSSR count). The number of rotatable bonds is 7. The third kappa shape index (κ3) is 6.32. The summed E-state index contributed by atoms with van der Waals surface area (Å²) in [5, 5.41) is 9.37. The second kappa shape index (κ2) is 11.0. The van der Waals surface area contributed by atoms with Crippen LogP contribution in [0.25, 0.3) is 0 Å². The normalized spacial score (nSPS) is 17.8. The molecule has 1 amide bonds. The van der Waals surface area contributed by atoms with Gasteiger partial charge < -0.3 is 19.5 Å². The molecule has 2 aliphatic heterocycles. The molecule has 0 radical (unpaired) electrons. The van der Waals surface area contributed by atoms with Gasteiger partial charge in [-0.3, -0.25) is 14.6 Å². The topological polar surface area (TPSA) is 89.5 Å². The number of hydrazone groups is 1. The molecule has 2 aromatic rings. The average Bonchev–Trinajstić information content (AvgIpc) is 2.84. The van der Waals surface area contributed by atoms with Crippen LogP contribution in [-0.2, 0) is 20.7 Å². The highest BCUT2D eigenvalue weighted by Crippen LogP contribution is 2.30. The molecule has 33 heavy (non-hydrogen) atoms. The van der Waals surface area contributed by atoms with Crippen molar-refractivity contribution in [3.05, 3.63) is 59.2 Å². The summed E-state index contributed by atoms with van der Waals surface area (Å²) in [4.78, 5) is 24.5. The highest BCUT2D eigenvalue weighted by Gasteiger charge is 2.24. The summed E-state index contributed by atoms with van der Waals surface area (Å²) >= 11 is 0. The zero-order valence-corrected chi connectivity index (χ0v) is 18.8. The number of carbonyl (C=O) groups is 2. The molecule has 1 N–H and O–H groups in total. The minimum atomic E-state index is -0.205. The standard InChI is InChI=1S/C25H29N3O5/c1-2-32-24(29)14-19-13-20-5-6-21(15-23(20)33-17-19)25(30)27-22-7-3-18(4-8-22)16-26-28-9-11-31-12-10-28/h3-8,15-16,19H,2,9-14,17H2,1H3,(H,27,30). The van der Waals surface area contributed by atoms with Gasteiger partial charge in [-0.1, -0.05) is 18.2 Å². The second-order valence-corrected chi connectivity index (χ2v) is 8.10. The first kappa shape index (κ1) is 22.8. The summed E-state index contributed by atoms with van der Waals surface area (Å²) in [6.45, 7) is 5.60. The summed E-state index contributed by atoms with van der Waals surface area (Å²) in [6.07, 6.45) is 2.87. The lowest BCUT2D eigenvalue weighted by Gasteiger charge is -2.25. The van der Waals surface area contributed by atoms with Crippen molar-refractivity contribution in [1.82, 2.24) is 5.01 Å². The van der Waals surface area contributed by atoms with E-state index in [2.05, 4.69) is 10.4 Å². The third-order valence-electron chi connectivity index (χ3n) is 5.60. The highest BCUT2D eigenvalue weighted by molar-refractivity contribution is 6.04. The number of anilines is 1. The van der Waals surface area contributed by atoms with E-state index in [1.54, 1.807) is 19.1 Å². The Balaban J connectivity index is 1.32. The van der Waals surface area contributed by atoms with Crippen molar-refractivity contribution in [2.75, 3.05) is 44.8 Å². The summed E-state index contributed by atoms with van der Waals surface area (Å²) < 4.78 is 16.2. The quantitative estimate of drug-likeness (QED) is 0.514. The molecular formula is C25H29N3O5. The molecule has 8 nitrogen and oxygen atoms in total. The van der Waals surface area contributed by atoms with Crippen molar-refractivity contribution in [3.8, 4) is 5.75 Å². The van der Waals surface area contributed by atoms with Crippen molar-refractivity contribution >= 4 is 23.8 Å². The number of nitrogens with zero attached hydrogens (tertiary/aromatic N) is 2. The SMILES string of the molecule is CCOC(=O)CC1COc2cc(C(=O)Nc3ccc(C=NN4CCOCC4)cc3)ccc2C1. The molecule has 2 aliphatic rings. The minimum Gasteiger partial charge on any atom is -0.493 e.